The molecule has 1 aromatic rings. The minimum Gasteiger partial charge on any atom is -0.466 e. The minimum absolute atomic E-state index is 0.164. The van der Waals surface area contributed by atoms with Gasteiger partial charge >= 0.3 is 35.0 Å². The molecule has 1 aromatic heterocycles. The van der Waals surface area contributed by atoms with Gasteiger partial charge in [0.05, 0.1) is 39.1 Å². The first-order valence-corrected chi connectivity index (χ1v) is 11.7. The van der Waals surface area contributed by atoms with Gasteiger partial charge in [0.25, 0.3) is 0 Å². The Morgan fingerprint density at radius 2 is 0.788 bits per heavy atom. The number of aromatic nitrogens is 3. The second-order valence-electron chi connectivity index (χ2n) is 5.20. The van der Waals surface area contributed by atoms with Crippen molar-refractivity contribution in [2.24, 2.45) is 0 Å². The molecule has 0 aliphatic carbocycles. The van der Waals surface area contributed by atoms with Crippen LogP contribution in [-0.4, -0.2) is 69.9 Å². The maximum atomic E-state index is 10.4. The summed E-state index contributed by atoms with van der Waals surface area (Å²) in [6.07, 6.45) is 1.24. The number of ether oxygens (including phenoxy) is 3. The highest BCUT2D eigenvalue weighted by Gasteiger charge is 1.97. The summed E-state index contributed by atoms with van der Waals surface area (Å²) in [4.78, 5) is 67.0. The van der Waals surface area contributed by atoms with Gasteiger partial charge in [0.1, 0.15) is 0 Å². The van der Waals surface area contributed by atoms with Crippen molar-refractivity contribution in [3.63, 3.8) is 0 Å². The molecule has 0 fully saturated rings. The fourth-order valence-corrected chi connectivity index (χ4v) is 1.92. The molecule has 0 unspecified atom stereocenters. The molecule has 33 heavy (non-hydrogen) atoms. The third-order valence-electron chi connectivity index (χ3n) is 2.54. The van der Waals surface area contributed by atoms with Crippen molar-refractivity contribution in [1.82, 2.24) is 15.0 Å². The number of hydrogen-bond acceptors (Lipinski definition) is 12. The molecule has 0 atom stereocenters. The van der Waals surface area contributed by atoms with E-state index in [1.807, 2.05) is 0 Å². The van der Waals surface area contributed by atoms with Gasteiger partial charge < -0.3 is 14.2 Å². The Morgan fingerprint density at radius 1 is 0.576 bits per heavy atom. The molecule has 0 aliphatic rings. The average molecular weight is 532 g/mol. The summed E-state index contributed by atoms with van der Waals surface area (Å²) in [6.45, 7) is 6.76. The molecule has 0 aliphatic heterocycles. The molecule has 3 N–H and O–H groups in total. The average Bonchev–Trinajstić information content (AvgIpc) is 2.70. The van der Waals surface area contributed by atoms with E-state index in [0.29, 0.717) is 56.3 Å². The van der Waals surface area contributed by atoms with Gasteiger partial charge in [-0.05, 0) is 20.8 Å². The van der Waals surface area contributed by atoms with Crippen molar-refractivity contribution in [2.75, 3.05) is 37.1 Å². The van der Waals surface area contributed by atoms with Gasteiger partial charge in [-0.1, -0.05) is 0 Å². The summed E-state index contributed by atoms with van der Waals surface area (Å²) in [6, 6.07) is 0. The van der Waals surface area contributed by atoms with E-state index in [-0.39, 0.29) is 17.9 Å². The SMILES string of the molecule is CCOC(=O)CCS.CCOC(=O)CCS.CCOC(=O)CCS.O=c1[nH]c(=O)[nH]c(=O)[nH]1. The monoisotopic (exact) mass is 531 g/mol. The predicted octanol–water partition coefficient (Wildman–Crippen LogP) is 0.360. The zero-order chi connectivity index (χ0) is 26.1. The zero-order valence-electron chi connectivity index (χ0n) is 18.9. The second-order valence-corrected chi connectivity index (χ2v) is 6.54. The number of carbonyl (C=O) groups excluding carboxylic acids is 3. The highest BCUT2D eigenvalue weighted by atomic mass is 32.1. The van der Waals surface area contributed by atoms with Gasteiger partial charge in [-0.3, -0.25) is 29.3 Å². The molecule has 1 heterocycles. The highest BCUT2D eigenvalue weighted by Crippen LogP contribution is 1.88. The summed E-state index contributed by atoms with van der Waals surface area (Å²) in [5, 5.41) is 0. The zero-order valence-corrected chi connectivity index (χ0v) is 21.6. The Labute approximate surface area is 207 Å². The summed E-state index contributed by atoms with van der Waals surface area (Å²) >= 11 is 11.6. The van der Waals surface area contributed by atoms with Crippen LogP contribution in [0, 0.1) is 0 Å². The number of thiol groups is 3. The van der Waals surface area contributed by atoms with Gasteiger partial charge in [-0.25, -0.2) is 14.4 Å². The van der Waals surface area contributed by atoms with Crippen molar-refractivity contribution in [2.45, 2.75) is 40.0 Å². The van der Waals surface area contributed by atoms with Crippen molar-refractivity contribution >= 4 is 55.8 Å². The van der Waals surface area contributed by atoms with Gasteiger partial charge in [-0.15, -0.1) is 0 Å². The minimum atomic E-state index is -0.802. The van der Waals surface area contributed by atoms with Crippen LogP contribution < -0.4 is 17.1 Å². The molecule has 0 saturated heterocycles. The van der Waals surface area contributed by atoms with Crippen molar-refractivity contribution < 1.29 is 28.6 Å². The third kappa shape index (κ3) is 29.9. The van der Waals surface area contributed by atoms with E-state index in [4.69, 9.17) is 0 Å². The van der Waals surface area contributed by atoms with E-state index in [1.54, 1.807) is 35.7 Å². The number of esters is 3. The summed E-state index contributed by atoms with van der Waals surface area (Å²) in [7, 11) is 0. The van der Waals surface area contributed by atoms with Crippen LogP contribution in [-0.2, 0) is 28.6 Å². The van der Waals surface area contributed by atoms with E-state index in [9.17, 15) is 28.8 Å². The summed E-state index contributed by atoms with van der Waals surface area (Å²) in [5.74, 6) is 1.21. The topological polar surface area (TPSA) is 177 Å². The van der Waals surface area contributed by atoms with Gasteiger partial charge in [0.15, 0.2) is 0 Å². The fraction of sp³-hybridized carbons (Fsp3) is 0.667. The first-order chi connectivity index (χ1) is 15.6. The van der Waals surface area contributed by atoms with Gasteiger partial charge in [-0.2, -0.15) is 37.9 Å². The molecule has 0 saturated carbocycles. The molecule has 0 aromatic carbocycles. The standard InChI is InChI=1S/3C5H10O2S.C3H3N3O3/c3*1-2-7-5(6)3-4-8;7-1-4-2(8)6-3(9)5-1/h3*8H,2-4H2,1H3;(H3,4,5,6,7,8,9). The van der Waals surface area contributed by atoms with Crippen LogP contribution in [0.25, 0.3) is 0 Å². The Balaban J connectivity index is -0.000000364. The predicted molar refractivity (Wildman–Crippen MR) is 134 cm³/mol. The van der Waals surface area contributed by atoms with E-state index in [2.05, 4.69) is 52.1 Å². The Hall–Kier alpha value is -2.13. The van der Waals surface area contributed by atoms with Crippen molar-refractivity contribution in [3.8, 4) is 0 Å². The molecule has 0 bridgehead atoms. The molecule has 0 radical (unpaired) electrons. The Bertz CT molecular complexity index is 659. The van der Waals surface area contributed by atoms with E-state index in [1.165, 1.54) is 0 Å². The maximum Gasteiger partial charge on any atom is 0.330 e. The Kier molecular flexibility index (Phi) is 28.1. The lowest BCUT2D eigenvalue weighted by molar-refractivity contribution is -0.143. The summed E-state index contributed by atoms with van der Waals surface area (Å²) in [5.41, 5.74) is -2.41. The maximum absolute atomic E-state index is 10.4. The fourth-order valence-electron chi connectivity index (χ4n) is 1.38. The molecule has 192 valence electrons. The van der Waals surface area contributed by atoms with E-state index < -0.39 is 17.1 Å². The van der Waals surface area contributed by atoms with Crippen LogP contribution in [0.5, 0.6) is 0 Å². The normalized spacial score (nSPS) is 8.91. The van der Waals surface area contributed by atoms with Crippen molar-refractivity contribution in [3.05, 3.63) is 31.5 Å². The lowest BCUT2D eigenvalue weighted by Crippen LogP contribution is -2.34. The highest BCUT2D eigenvalue weighted by molar-refractivity contribution is 7.80. The van der Waals surface area contributed by atoms with Crippen LogP contribution in [0.4, 0.5) is 0 Å². The molecule has 15 heteroatoms. The van der Waals surface area contributed by atoms with Gasteiger partial charge in [0, 0.05) is 17.3 Å². The second kappa shape index (κ2) is 26.1. The van der Waals surface area contributed by atoms with E-state index >= 15 is 0 Å². The quantitative estimate of drug-likeness (QED) is 0.149. The first-order valence-electron chi connectivity index (χ1n) is 9.83. The van der Waals surface area contributed by atoms with Crippen LogP contribution in [0.15, 0.2) is 14.4 Å². The van der Waals surface area contributed by atoms with Crippen molar-refractivity contribution in [1.29, 1.82) is 0 Å². The van der Waals surface area contributed by atoms with Crippen LogP contribution in [0.3, 0.4) is 0 Å². The van der Waals surface area contributed by atoms with E-state index in [0.717, 1.165) is 0 Å². The number of carbonyl (C=O) groups is 3. The van der Waals surface area contributed by atoms with Crippen LogP contribution in [0.1, 0.15) is 40.0 Å². The molecule has 0 amide bonds. The third-order valence-corrected chi connectivity index (χ3v) is 3.22. The largest absolute Gasteiger partial charge is 0.466 e. The number of nitrogens with one attached hydrogen (secondary N) is 3. The van der Waals surface area contributed by atoms with Crippen LogP contribution in [0.2, 0.25) is 0 Å². The molecular formula is C18H33N3O9S3. The number of hydrogen-bond donors (Lipinski definition) is 6. The lowest BCUT2D eigenvalue weighted by atomic mass is 10.5. The first kappa shape index (κ1) is 35.5. The summed E-state index contributed by atoms with van der Waals surface area (Å²) < 4.78 is 13.8. The lowest BCUT2D eigenvalue weighted by Gasteiger charge is -1.96. The number of H-pyrrole nitrogens is 3. The van der Waals surface area contributed by atoms with Crippen LogP contribution >= 0.6 is 37.9 Å². The number of rotatable bonds is 9. The molecule has 0 spiro atoms. The Morgan fingerprint density at radius 3 is 0.939 bits per heavy atom. The molecule has 12 nitrogen and oxygen atoms in total. The molecular weight excluding hydrogens is 498 g/mol. The number of aromatic amines is 3. The van der Waals surface area contributed by atoms with Gasteiger partial charge in [0.2, 0.25) is 0 Å². The smallest absolute Gasteiger partial charge is 0.330 e. The molecule has 1 rings (SSSR count).